The Bertz CT molecular complexity index is 1690. The molecule has 2 aromatic heterocycles. The van der Waals surface area contributed by atoms with Crippen LogP contribution in [0.5, 0.6) is 11.5 Å². The lowest BCUT2D eigenvalue weighted by Gasteiger charge is -2.31. The first kappa shape index (κ1) is 33.5. The van der Waals surface area contributed by atoms with Crippen LogP contribution in [-0.4, -0.2) is 62.4 Å². The van der Waals surface area contributed by atoms with Crippen LogP contribution < -0.4 is 20.7 Å². The summed E-state index contributed by atoms with van der Waals surface area (Å²) in [6.45, 7) is 0.530. The average molecular weight is 657 g/mol. The molecule has 0 saturated carbocycles. The van der Waals surface area contributed by atoms with Gasteiger partial charge in [0.2, 0.25) is 0 Å². The summed E-state index contributed by atoms with van der Waals surface area (Å²) in [7, 11) is 0. The second-order valence-corrected chi connectivity index (χ2v) is 10.5. The topological polar surface area (TPSA) is 181 Å². The number of carboxylic acids is 2. The van der Waals surface area contributed by atoms with Gasteiger partial charge in [0.05, 0.1) is 23.8 Å². The average Bonchev–Trinajstić information content (AvgIpc) is 3.72. The first-order valence-electron chi connectivity index (χ1n) is 13.6. The molecule has 1 fully saturated rings. The Balaban J connectivity index is 0.000000533. The standard InChI is InChI=1S/C26H23F3N6O2S.C4H4O4/c27-26(28,29)22-21(37-18-6-2-1-3-7-18)9-8-19(23(22)35-12-4-5-17(35)13-30)33-24(36)20-15-38-25(34-20)16-10-11-31-32-14-16;5-3(6)1-2-4(7)8/h1-3,6-11,14-15,17H,4-5,12-13,30H2,(H,33,36);1-2H,(H,5,6)(H,7,8)/b;2-1+/t17-;/m1./s1. The van der Waals surface area contributed by atoms with Crippen LogP contribution in [0.1, 0.15) is 28.9 Å². The van der Waals surface area contributed by atoms with Crippen molar-refractivity contribution in [3.8, 4) is 22.1 Å². The third-order valence-corrected chi connectivity index (χ3v) is 7.41. The fraction of sp³-hybridized carbons (Fsp3) is 0.200. The van der Waals surface area contributed by atoms with Gasteiger partial charge in [-0.15, -0.1) is 11.3 Å². The number of nitrogens with zero attached hydrogens (tertiary/aromatic N) is 4. The largest absolute Gasteiger partial charge is 0.478 e. The van der Waals surface area contributed by atoms with Gasteiger partial charge < -0.3 is 30.9 Å². The first-order chi connectivity index (χ1) is 22.0. The maximum atomic E-state index is 14.7. The van der Waals surface area contributed by atoms with E-state index < -0.39 is 29.6 Å². The number of hydrogen-bond acceptors (Lipinski definition) is 10. The number of aromatic nitrogens is 3. The Morgan fingerprint density at radius 1 is 1.07 bits per heavy atom. The number of hydrogen-bond donors (Lipinski definition) is 4. The molecular formula is C30H27F3N6O6S. The number of aliphatic carboxylic acids is 2. The van der Waals surface area contributed by atoms with Gasteiger partial charge >= 0.3 is 18.1 Å². The number of para-hydroxylation sites is 1. The lowest BCUT2D eigenvalue weighted by molar-refractivity contribution is -0.138. The summed E-state index contributed by atoms with van der Waals surface area (Å²) in [5, 5.41) is 27.9. The molecule has 5 rings (SSSR count). The van der Waals surface area contributed by atoms with Gasteiger partial charge in [-0.3, -0.25) is 4.79 Å². The van der Waals surface area contributed by atoms with E-state index in [0.29, 0.717) is 42.1 Å². The zero-order valence-corrected chi connectivity index (χ0v) is 24.7. The maximum Gasteiger partial charge on any atom is 0.422 e. The van der Waals surface area contributed by atoms with Gasteiger partial charge in [0.25, 0.3) is 5.91 Å². The number of rotatable bonds is 9. The third kappa shape index (κ3) is 8.64. The summed E-state index contributed by atoms with van der Waals surface area (Å²) < 4.78 is 49.7. The molecule has 3 heterocycles. The highest BCUT2D eigenvalue weighted by Crippen LogP contribution is 2.49. The fourth-order valence-corrected chi connectivity index (χ4v) is 5.37. The minimum absolute atomic E-state index is 0.00298. The number of carbonyl (C=O) groups is 3. The quantitative estimate of drug-likeness (QED) is 0.172. The molecule has 16 heteroatoms. The predicted octanol–water partition coefficient (Wildman–Crippen LogP) is 5.30. The number of carboxylic acid groups (broad SMARTS) is 2. The maximum absolute atomic E-state index is 14.7. The van der Waals surface area contributed by atoms with Crippen LogP contribution in [0.3, 0.4) is 0 Å². The van der Waals surface area contributed by atoms with Crippen molar-refractivity contribution >= 4 is 40.6 Å². The van der Waals surface area contributed by atoms with Gasteiger partial charge in [0, 0.05) is 42.2 Å². The van der Waals surface area contributed by atoms with Crippen molar-refractivity contribution in [3.63, 3.8) is 0 Å². The van der Waals surface area contributed by atoms with Crippen molar-refractivity contribution in [2.24, 2.45) is 5.73 Å². The Hall–Kier alpha value is -5.35. The minimum Gasteiger partial charge on any atom is -0.478 e. The number of benzene rings is 2. The Morgan fingerprint density at radius 3 is 2.39 bits per heavy atom. The molecule has 12 nitrogen and oxygen atoms in total. The van der Waals surface area contributed by atoms with Gasteiger partial charge in [0.15, 0.2) is 0 Å². The van der Waals surface area contributed by atoms with E-state index in [9.17, 15) is 27.6 Å². The number of nitrogens with one attached hydrogen (secondary N) is 1. The number of anilines is 2. The predicted molar refractivity (Wildman–Crippen MR) is 163 cm³/mol. The highest BCUT2D eigenvalue weighted by atomic mass is 32.1. The molecule has 240 valence electrons. The molecule has 1 saturated heterocycles. The highest BCUT2D eigenvalue weighted by Gasteiger charge is 2.42. The summed E-state index contributed by atoms with van der Waals surface area (Å²) in [5.74, 6) is -3.25. The van der Waals surface area contributed by atoms with Crippen LogP contribution in [0.15, 0.2) is 78.5 Å². The van der Waals surface area contributed by atoms with Crippen LogP contribution in [0.2, 0.25) is 0 Å². The summed E-state index contributed by atoms with van der Waals surface area (Å²) in [5.41, 5.74) is 5.54. The molecule has 1 atom stereocenters. The van der Waals surface area contributed by atoms with E-state index in [1.165, 1.54) is 35.9 Å². The van der Waals surface area contributed by atoms with Gasteiger partial charge in [-0.1, -0.05) is 18.2 Å². The molecule has 1 aliphatic rings. The summed E-state index contributed by atoms with van der Waals surface area (Å²) in [4.78, 5) is 38.2. The number of thiazole rings is 1. The van der Waals surface area contributed by atoms with Crippen molar-refractivity contribution in [2.75, 3.05) is 23.3 Å². The van der Waals surface area contributed by atoms with Crippen molar-refractivity contribution in [1.29, 1.82) is 0 Å². The van der Waals surface area contributed by atoms with Crippen LogP contribution in [-0.2, 0) is 15.8 Å². The molecule has 0 radical (unpaired) electrons. The Kier molecular flexibility index (Phi) is 11.0. The minimum atomic E-state index is -4.77. The summed E-state index contributed by atoms with van der Waals surface area (Å²) in [6.07, 6.45) is 0.672. The second-order valence-electron chi connectivity index (χ2n) is 9.61. The third-order valence-electron chi connectivity index (χ3n) is 6.52. The van der Waals surface area contributed by atoms with Gasteiger partial charge in [0.1, 0.15) is 27.8 Å². The number of nitrogens with two attached hydrogens (primary N) is 1. The van der Waals surface area contributed by atoms with Crippen molar-refractivity contribution in [1.82, 2.24) is 15.2 Å². The molecule has 4 aromatic rings. The summed E-state index contributed by atoms with van der Waals surface area (Å²) >= 11 is 1.22. The second kappa shape index (κ2) is 15.1. The highest BCUT2D eigenvalue weighted by molar-refractivity contribution is 7.13. The molecule has 0 unspecified atom stereocenters. The molecule has 0 aliphatic carbocycles. The van der Waals surface area contributed by atoms with E-state index in [4.69, 9.17) is 20.7 Å². The Labute approximate surface area is 264 Å². The molecule has 1 aliphatic heterocycles. The van der Waals surface area contributed by atoms with E-state index in [1.54, 1.807) is 46.7 Å². The Morgan fingerprint density at radius 2 is 1.78 bits per heavy atom. The SMILES string of the molecule is NC[C@H]1CCCN1c1c(NC(=O)c2csc(-c3ccnnc3)n2)ccc(Oc2ccccc2)c1C(F)(F)F.O=C(O)/C=C/C(=O)O. The first-order valence-corrected chi connectivity index (χ1v) is 14.5. The van der Waals surface area contributed by atoms with Crippen LogP contribution >= 0.6 is 11.3 Å². The van der Waals surface area contributed by atoms with Crippen LogP contribution in [0.25, 0.3) is 10.6 Å². The van der Waals surface area contributed by atoms with Crippen molar-refractivity contribution < 1.29 is 42.5 Å². The molecular weight excluding hydrogens is 629 g/mol. The molecule has 0 bridgehead atoms. The lowest BCUT2D eigenvalue weighted by Crippen LogP contribution is -2.37. The monoisotopic (exact) mass is 656 g/mol. The van der Waals surface area contributed by atoms with Crippen molar-refractivity contribution in [3.05, 3.63) is 89.7 Å². The zero-order valence-electron chi connectivity index (χ0n) is 23.8. The van der Waals surface area contributed by atoms with Gasteiger partial charge in [-0.25, -0.2) is 14.6 Å². The lowest BCUT2D eigenvalue weighted by atomic mass is 10.1. The zero-order chi connectivity index (χ0) is 33.3. The number of ether oxygens (including phenoxy) is 1. The van der Waals surface area contributed by atoms with Crippen LogP contribution in [0.4, 0.5) is 24.5 Å². The van der Waals surface area contributed by atoms with E-state index in [0.717, 1.165) is 0 Å². The molecule has 5 N–H and O–H groups in total. The van der Waals surface area contributed by atoms with Gasteiger partial charge in [-0.2, -0.15) is 23.4 Å². The normalized spacial score (nSPS) is 14.4. The molecule has 1 amide bonds. The number of halogens is 3. The molecule has 0 spiro atoms. The van der Waals surface area contributed by atoms with Gasteiger partial charge in [-0.05, 0) is 43.2 Å². The van der Waals surface area contributed by atoms with E-state index in [2.05, 4.69) is 20.5 Å². The number of amides is 1. The van der Waals surface area contributed by atoms with Crippen molar-refractivity contribution in [2.45, 2.75) is 25.1 Å². The molecule has 2 aromatic carbocycles. The van der Waals surface area contributed by atoms with Crippen LogP contribution in [0, 0.1) is 0 Å². The van der Waals surface area contributed by atoms with E-state index >= 15 is 0 Å². The van der Waals surface area contributed by atoms with E-state index in [1.807, 2.05) is 0 Å². The smallest absolute Gasteiger partial charge is 0.422 e. The number of alkyl halides is 3. The molecule has 46 heavy (non-hydrogen) atoms. The summed E-state index contributed by atoms with van der Waals surface area (Å²) in [6, 6.07) is 12.3. The fourth-order valence-electron chi connectivity index (χ4n) is 4.58. The van der Waals surface area contributed by atoms with E-state index in [-0.39, 0.29) is 41.2 Å². The number of carbonyl (C=O) groups excluding carboxylic acids is 1.